The topological polar surface area (TPSA) is 32.3 Å². The van der Waals surface area contributed by atoms with Gasteiger partial charge in [0.2, 0.25) is 5.91 Å². The average Bonchev–Trinajstić information content (AvgIpc) is 2.58. The van der Waals surface area contributed by atoms with E-state index in [2.05, 4.69) is 24.1 Å². The van der Waals surface area contributed by atoms with Gasteiger partial charge in [-0.3, -0.25) is 4.79 Å². The quantitative estimate of drug-likeness (QED) is 0.747. The molecule has 3 heteroatoms. The van der Waals surface area contributed by atoms with E-state index in [1.807, 2.05) is 0 Å². The molecule has 2 aliphatic heterocycles. The minimum absolute atomic E-state index is 0.00861. The van der Waals surface area contributed by atoms with E-state index in [0.29, 0.717) is 11.9 Å². The molecule has 0 saturated carbocycles. The average molecular weight is 210 g/mol. The summed E-state index contributed by atoms with van der Waals surface area (Å²) in [6.07, 6.45) is 4.23. The monoisotopic (exact) mass is 210 g/mol. The predicted molar refractivity (Wildman–Crippen MR) is 60.6 cm³/mol. The van der Waals surface area contributed by atoms with E-state index in [1.165, 1.54) is 0 Å². The molecule has 0 aromatic carbocycles. The Bertz CT molecular complexity index is 246. The van der Waals surface area contributed by atoms with Gasteiger partial charge >= 0.3 is 0 Å². The Morgan fingerprint density at radius 2 is 2.07 bits per heavy atom. The van der Waals surface area contributed by atoms with Crippen LogP contribution in [0.1, 0.15) is 39.5 Å². The van der Waals surface area contributed by atoms with Crippen molar-refractivity contribution >= 4 is 5.91 Å². The first-order valence-corrected chi connectivity index (χ1v) is 6.21. The van der Waals surface area contributed by atoms with Crippen LogP contribution in [0.4, 0.5) is 0 Å². The van der Waals surface area contributed by atoms with E-state index in [4.69, 9.17) is 0 Å². The highest BCUT2D eigenvalue weighted by Gasteiger charge is 2.47. The Hall–Kier alpha value is -0.570. The van der Waals surface area contributed by atoms with Gasteiger partial charge in [-0.25, -0.2) is 0 Å². The Kier molecular flexibility index (Phi) is 3.01. The molecule has 0 bridgehead atoms. The Labute approximate surface area is 92.2 Å². The fraction of sp³-hybridized carbons (Fsp3) is 0.917. The first kappa shape index (κ1) is 10.9. The molecule has 15 heavy (non-hydrogen) atoms. The van der Waals surface area contributed by atoms with E-state index in [-0.39, 0.29) is 5.41 Å². The van der Waals surface area contributed by atoms with Crippen LogP contribution in [-0.4, -0.2) is 36.5 Å². The van der Waals surface area contributed by atoms with Gasteiger partial charge in [0.1, 0.15) is 0 Å². The van der Waals surface area contributed by atoms with Crippen LogP contribution in [0.5, 0.6) is 0 Å². The molecule has 0 radical (unpaired) electrons. The van der Waals surface area contributed by atoms with Crippen molar-refractivity contribution in [3.8, 4) is 0 Å². The molecule has 2 rings (SSSR count). The van der Waals surface area contributed by atoms with Crippen molar-refractivity contribution in [3.05, 3.63) is 0 Å². The number of amides is 1. The molecule has 0 aromatic heterocycles. The molecular weight excluding hydrogens is 188 g/mol. The molecule has 3 nitrogen and oxygen atoms in total. The minimum atomic E-state index is 0.00861. The number of nitrogens with zero attached hydrogens (tertiary/aromatic N) is 1. The fourth-order valence-corrected chi connectivity index (χ4v) is 2.86. The molecule has 86 valence electrons. The van der Waals surface area contributed by atoms with E-state index >= 15 is 0 Å². The van der Waals surface area contributed by atoms with Gasteiger partial charge in [0.15, 0.2) is 0 Å². The maximum absolute atomic E-state index is 12.4. The van der Waals surface area contributed by atoms with E-state index in [1.54, 1.807) is 0 Å². The summed E-state index contributed by atoms with van der Waals surface area (Å²) in [5.74, 6) is 0.429. The van der Waals surface area contributed by atoms with Crippen LogP contribution in [0.15, 0.2) is 0 Å². The standard InChI is InChI=1S/C12H22N2O/c1-3-10(2)14-9-6-12(11(14)15)4-7-13-8-5-12/h10,13H,3-9H2,1-2H3. The minimum Gasteiger partial charge on any atom is -0.339 e. The van der Waals surface area contributed by atoms with Crippen molar-refractivity contribution in [1.82, 2.24) is 10.2 Å². The van der Waals surface area contributed by atoms with Crippen molar-refractivity contribution in [2.24, 2.45) is 5.41 Å². The summed E-state index contributed by atoms with van der Waals surface area (Å²) < 4.78 is 0. The number of nitrogens with one attached hydrogen (secondary N) is 1. The van der Waals surface area contributed by atoms with Gasteiger partial charge in [-0.05, 0) is 45.7 Å². The number of likely N-dealkylation sites (tertiary alicyclic amines) is 1. The van der Waals surface area contributed by atoms with Crippen LogP contribution in [-0.2, 0) is 4.79 Å². The van der Waals surface area contributed by atoms with Crippen LogP contribution >= 0.6 is 0 Å². The van der Waals surface area contributed by atoms with E-state index in [0.717, 1.165) is 45.3 Å². The van der Waals surface area contributed by atoms with Crippen LogP contribution in [0.25, 0.3) is 0 Å². The number of carbonyl (C=O) groups excluding carboxylic acids is 1. The smallest absolute Gasteiger partial charge is 0.229 e. The second-order valence-corrected chi connectivity index (χ2v) is 5.04. The lowest BCUT2D eigenvalue weighted by atomic mass is 9.77. The lowest BCUT2D eigenvalue weighted by Crippen LogP contribution is -2.44. The Morgan fingerprint density at radius 3 is 2.67 bits per heavy atom. The van der Waals surface area contributed by atoms with Gasteiger partial charge in [0, 0.05) is 12.6 Å². The molecule has 1 spiro atoms. The summed E-state index contributed by atoms with van der Waals surface area (Å²) in [5, 5.41) is 3.34. The van der Waals surface area contributed by atoms with E-state index < -0.39 is 0 Å². The van der Waals surface area contributed by atoms with Gasteiger partial charge in [0.05, 0.1) is 5.41 Å². The lowest BCUT2D eigenvalue weighted by molar-refractivity contribution is -0.138. The summed E-state index contributed by atoms with van der Waals surface area (Å²) in [7, 11) is 0. The van der Waals surface area contributed by atoms with Crippen molar-refractivity contribution in [2.45, 2.75) is 45.6 Å². The molecule has 2 aliphatic rings. The SMILES string of the molecule is CCC(C)N1CCC2(CCNCC2)C1=O. The number of hydrogen-bond acceptors (Lipinski definition) is 2. The number of carbonyl (C=O) groups is 1. The van der Waals surface area contributed by atoms with Crippen molar-refractivity contribution in [2.75, 3.05) is 19.6 Å². The largest absolute Gasteiger partial charge is 0.339 e. The van der Waals surface area contributed by atoms with Crippen molar-refractivity contribution in [3.63, 3.8) is 0 Å². The number of hydrogen-bond donors (Lipinski definition) is 1. The zero-order valence-electron chi connectivity index (χ0n) is 9.88. The summed E-state index contributed by atoms with van der Waals surface area (Å²) in [6, 6.07) is 0.423. The van der Waals surface area contributed by atoms with Crippen LogP contribution in [0.2, 0.25) is 0 Å². The third-order valence-electron chi connectivity index (χ3n) is 4.23. The van der Waals surface area contributed by atoms with Gasteiger partial charge in [-0.1, -0.05) is 6.92 Å². The zero-order chi connectivity index (χ0) is 10.9. The second kappa shape index (κ2) is 4.12. The first-order valence-electron chi connectivity index (χ1n) is 6.21. The molecule has 2 fully saturated rings. The highest BCUT2D eigenvalue weighted by atomic mass is 16.2. The van der Waals surface area contributed by atoms with Gasteiger partial charge in [-0.15, -0.1) is 0 Å². The van der Waals surface area contributed by atoms with Crippen LogP contribution in [0, 0.1) is 5.41 Å². The zero-order valence-corrected chi connectivity index (χ0v) is 9.88. The highest BCUT2D eigenvalue weighted by Crippen LogP contribution is 2.40. The second-order valence-electron chi connectivity index (χ2n) is 5.04. The summed E-state index contributed by atoms with van der Waals surface area (Å²) >= 11 is 0. The number of piperidine rings is 1. The molecular formula is C12H22N2O. The molecule has 2 saturated heterocycles. The summed E-state index contributed by atoms with van der Waals surface area (Å²) in [6.45, 7) is 7.33. The normalized spacial score (nSPS) is 27.3. The summed E-state index contributed by atoms with van der Waals surface area (Å²) in [5.41, 5.74) is 0.00861. The molecule has 1 atom stereocenters. The van der Waals surface area contributed by atoms with Gasteiger partial charge in [0.25, 0.3) is 0 Å². The Balaban J connectivity index is 2.08. The molecule has 1 unspecified atom stereocenters. The van der Waals surface area contributed by atoms with Gasteiger partial charge in [-0.2, -0.15) is 0 Å². The first-order chi connectivity index (χ1) is 7.19. The highest BCUT2D eigenvalue weighted by molar-refractivity contribution is 5.85. The third-order valence-corrected chi connectivity index (χ3v) is 4.23. The fourth-order valence-electron chi connectivity index (χ4n) is 2.86. The lowest BCUT2D eigenvalue weighted by Gasteiger charge is -2.33. The maximum atomic E-state index is 12.4. The van der Waals surface area contributed by atoms with E-state index in [9.17, 15) is 4.79 Å². The molecule has 1 N–H and O–H groups in total. The molecule has 0 aliphatic carbocycles. The third kappa shape index (κ3) is 1.78. The predicted octanol–water partition coefficient (Wildman–Crippen LogP) is 1.39. The Morgan fingerprint density at radius 1 is 1.40 bits per heavy atom. The van der Waals surface area contributed by atoms with Gasteiger partial charge < -0.3 is 10.2 Å². The maximum Gasteiger partial charge on any atom is 0.229 e. The van der Waals surface area contributed by atoms with Crippen LogP contribution in [0.3, 0.4) is 0 Å². The summed E-state index contributed by atoms with van der Waals surface area (Å²) in [4.78, 5) is 14.5. The van der Waals surface area contributed by atoms with Crippen LogP contribution < -0.4 is 5.32 Å². The number of rotatable bonds is 2. The van der Waals surface area contributed by atoms with Crippen molar-refractivity contribution < 1.29 is 4.79 Å². The molecule has 2 heterocycles. The molecule has 0 aromatic rings. The molecule has 1 amide bonds. The van der Waals surface area contributed by atoms with Crippen molar-refractivity contribution in [1.29, 1.82) is 0 Å².